The first-order valence-corrected chi connectivity index (χ1v) is 10.5. The van der Waals surface area contributed by atoms with Gasteiger partial charge in [-0.3, -0.25) is 4.98 Å². The number of hydrogen-bond acceptors (Lipinski definition) is 5. The molecule has 0 radical (unpaired) electrons. The normalized spacial score (nSPS) is 13.7. The Hall–Kier alpha value is -2.93. The highest BCUT2D eigenvalue weighted by Gasteiger charge is 2.23. The summed E-state index contributed by atoms with van der Waals surface area (Å²) in [5.74, 6) is 4.53. The van der Waals surface area contributed by atoms with Gasteiger partial charge in [-0.25, -0.2) is 4.21 Å². The topological polar surface area (TPSA) is 83.5 Å². The van der Waals surface area contributed by atoms with Crippen molar-refractivity contribution in [2.45, 2.75) is 25.5 Å². The number of aromatic hydroxyl groups is 1. The summed E-state index contributed by atoms with van der Waals surface area (Å²) in [5, 5.41) is 14.0. The van der Waals surface area contributed by atoms with Gasteiger partial charge in [-0.2, -0.15) is 0 Å². The summed E-state index contributed by atoms with van der Waals surface area (Å²) in [6.07, 6.45) is 1.71. The zero-order chi connectivity index (χ0) is 20.5. The summed E-state index contributed by atoms with van der Waals surface area (Å²) >= 11 is 0. The molecule has 6 nitrogen and oxygen atoms in total. The lowest BCUT2D eigenvalue weighted by Crippen LogP contribution is -2.33. The Balaban J connectivity index is 2.01. The van der Waals surface area contributed by atoms with Crippen LogP contribution in [0.25, 0.3) is 10.9 Å². The molecule has 0 saturated carbocycles. The number of hydrogen-bond donors (Lipinski definition) is 3. The Labute approximate surface area is 165 Å². The molecule has 7 heteroatoms. The van der Waals surface area contributed by atoms with E-state index < -0.39 is 14.5 Å². The molecule has 3 aromatic rings. The molecule has 0 bridgehead atoms. The molecule has 0 spiro atoms. The van der Waals surface area contributed by atoms with Crippen molar-refractivity contribution in [2.75, 3.05) is 17.1 Å². The molecule has 3 N–H and O–H groups in total. The fourth-order valence-corrected chi connectivity index (χ4v) is 3.40. The fourth-order valence-electron chi connectivity index (χ4n) is 2.59. The second-order valence-electron chi connectivity index (χ2n) is 7.52. The number of phenolic OH excluding ortho intramolecular Hbond substituents is 1. The maximum atomic E-state index is 12.9. The minimum Gasteiger partial charge on any atom is -0.508 e. The van der Waals surface area contributed by atoms with Crippen molar-refractivity contribution in [2.24, 2.45) is 0 Å². The first-order valence-electron chi connectivity index (χ1n) is 8.77. The van der Waals surface area contributed by atoms with Crippen molar-refractivity contribution >= 4 is 43.5 Å². The molecule has 1 heterocycles. The molecule has 0 fully saturated rings. The predicted octanol–water partition coefficient (Wildman–Crippen LogP) is 4.53. The number of methoxy groups -OCH3 is 1. The molecule has 3 rings (SSSR count). The highest BCUT2D eigenvalue weighted by atomic mass is 32.2. The monoisotopic (exact) mass is 399 g/mol. The third-order valence-electron chi connectivity index (χ3n) is 4.42. The number of nitrogens with zero attached hydrogens (tertiary/aromatic N) is 1. The Bertz CT molecular complexity index is 1120. The van der Waals surface area contributed by atoms with Gasteiger partial charge in [0.05, 0.1) is 22.3 Å². The van der Waals surface area contributed by atoms with Crippen molar-refractivity contribution in [1.82, 2.24) is 4.98 Å². The zero-order valence-electron chi connectivity index (χ0n) is 16.4. The number of rotatable bonds is 5. The molecule has 1 aromatic heterocycles. The Morgan fingerprint density at radius 2 is 1.86 bits per heavy atom. The van der Waals surface area contributed by atoms with Crippen LogP contribution in [0.4, 0.5) is 17.1 Å². The lowest BCUT2D eigenvalue weighted by molar-refractivity contribution is 0.408. The average molecular weight is 400 g/mol. The summed E-state index contributed by atoms with van der Waals surface area (Å²) in [7, 11) is -1.00. The van der Waals surface area contributed by atoms with Gasteiger partial charge < -0.3 is 19.9 Å². The zero-order valence-corrected chi connectivity index (χ0v) is 17.3. The van der Waals surface area contributed by atoms with Crippen LogP contribution in [-0.4, -0.2) is 32.0 Å². The standard InChI is InChI=1S/C21H25N3O3S/c1-21(2,3)28(5,26)24-14-6-7-19-18(12-14)20(8-9-22-19)23-15-10-16(25)13-17(11-15)27-4/h6-13,25H,5H2,1-4H3,(H,22,23)(H,24,26). The van der Waals surface area contributed by atoms with Crippen molar-refractivity contribution in [1.29, 1.82) is 0 Å². The summed E-state index contributed by atoms with van der Waals surface area (Å²) < 4.78 is 20.7. The van der Waals surface area contributed by atoms with Crippen LogP contribution in [0.15, 0.2) is 48.7 Å². The lowest BCUT2D eigenvalue weighted by atomic mass is 10.1. The number of aromatic nitrogens is 1. The summed E-state index contributed by atoms with van der Waals surface area (Å²) in [6, 6.07) is 12.4. The Kier molecular flexibility index (Phi) is 5.12. The molecule has 1 atom stereocenters. The quantitative estimate of drug-likeness (QED) is 0.549. The maximum absolute atomic E-state index is 12.9. The average Bonchev–Trinajstić information content (AvgIpc) is 2.60. The number of fused-ring (bicyclic) bond motifs is 1. The fraction of sp³-hybridized carbons (Fsp3) is 0.238. The summed E-state index contributed by atoms with van der Waals surface area (Å²) in [4.78, 5) is 4.39. The van der Waals surface area contributed by atoms with Gasteiger partial charge in [0.2, 0.25) is 0 Å². The van der Waals surface area contributed by atoms with Crippen LogP contribution in [0, 0.1) is 0 Å². The van der Waals surface area contributed by atoms with E-state index in [1.807, 2.05) is 45.0 Å². The molecule has 0 amide bonds. The van der Waals surface area contributed by atoms with Gasteiger partial charge in [-0.15, -0.1) is 0 Å². The number of nitrogens with one attached hydrogen (secondary N) is 2. The smallest absolute Gasteiger partial charge is 0.124 e. The van der Waals surface area contributed by atoms with E-state index in [2.05, 4.69) is 20.9 Å². The number of phenols is 1. The number of ether oxygens (including phenoxy) is 1. The van der Waals surface area contributed by atoms with Gasteiger partial charge in [0.15, 0.2) is 0 Å². The molecule has 1 unspecified atom stereocenters. The van der Waals surface area contributed by atoms with E-state index in [1.165, 1.54) is 6.07 Å². The number of anilines is 3. The predicted molar refractivity (Wildman–Crippen MR) is 118 cm³/mol. The van der Waals surface area contributed by atoms with Gasteiger partial charge in [0.1, 0.15) is 11.5 Å². The molecule has 0 aliphatic heterocycles. The Morgan fingerprint density at radius 3 is 2.54 bits per heavy atom. The van der Waals surface area contributed by atoms with Crippen LogP contribution in [0.1, 0.15) is 20.8 Å². The molecule has 0 aliphatic carbocycles. The largest absolute Gasteiger partial charge is 0.508 e. The van der Waals surface area contributed by atoms with Gasteiger partial charge in [0, 0.05) is 51.6 Å². The molecule has 2 aromatic carbocycles. The summed E-state index contributed by atoms with van der Waals surface area (Å²) in [6.45, 7) is 5.67. The van der Waals surface area contributed by atoms with E-state index in [4.69, 9.17) is 4.74 Å². The van der Waals surface area contributed by atoms with Crippen LogP contribution in [0.2, 0.25) is 0 Å². The molecular formula is C21H25N3O3S. The van der Waals surface area contributed by atoms with Crippen molar-refractivity contribution in [3.8, 4) is 11.5 Å². The van der Waals surface area contributed by atoms with E-state index in [1.54, 1.807) is 25.4 Å². The minimum absolute atomic E-state index is 0.101. The number of benzene rings is 2. The van der Waals surface area contributed by atoms with E-state index in [0.29, 0.717) is 17.1 Å². The van der Waals surface area contributed by atoms with E-state index in [9.17, 15) is 9.32 Å². The minimum atomic E-state index is -2.55. The van der Waals surface area contributed by atoms with Crippen LogP contribution >= 0.6 is 0 Å². The molecule has 0 saturated heterocycles. The van der Waals surface area contributed by atoms with Crippen molar-refractivity contribution < 1.29 is 14.1 Å². The number of pyridine rings is 1. The van der Waals surface area contributed by atoms with Crippen LogP contribution in [0.5, 0.6) is 11.5 Å². The highest BCUT2D eigenvalue weighted by molar-refractivity contribution is 8.02. The third-order valence-corrected chi connectivity index (χ3v) is 6.96. The SMILES string of the molecule is C=S(=O)(Nc1ccc2nccc(Nc3cc(O)cc(OC)c3)c2c1)C(C)(C)C. The van der Waals surface area contributed by atoms with Crippen LogP contribution in [0.3, 0.4) is 0 Å². The molecular weight excluding hydrogens is 374 g/mol. The van der Waals surface area contributed by atoms with Crippen LogP contribution in [-0.2, 0) is 9.71 Å². The second-order valence-corrected chi connectivity index (χ2v) is 10.3. The first-order chi connectivity index (χ1) is 13.1. The van der Waals surface area contributed by atoms with E-state index in [0.717, 1.165) is 16.6 Å². The first kappa shape index (κ1) is 19.8. The van der Waals surface area contributed by atoms with Gasteiger partial charge in [-0.05, 0) is 50.9 Å². The van der Waals surface area contributed by atoms with Gasteiger partial charge in [0.25, 0.3) is 0 Å². The maximum Gasteiger partial charge on any atom is 0.124 e. The summed E-state index contributed by atoms with van der Waals surface area (Å²) in [5.41, 5.74) is 2.96. The van der Waals surface area contributed by atoms with Crippen molar-refractivity contribution in [3.63, 3.8) is 0 Å². The van der Waals surface area contributed by atoms with Gasteiger partial charge >= 0.3 is 0 Å². The Morgan fingerprint density at radius 1 is 1.11 bits per heavy atom. The molecule has 0 aliphatic rings. The lowest BCUT2D eigenvalue weighted by Gasteiger charge is -2.26. The third kappa shape index (κ3) is 4.14. The van der Waals surface area contributed by atoms with Crippen LogP contribution < -0.4 is 14.8 Å². The highest BCUT2D eigenvalue weighted by Crippen LogP contribution is 2.32. The second kappa shape index (κ2) is 7.24. The molecule has 148 valence electrons. The molecule has 28 heavy (non-hydrogen) atoms. The van der Waals surface area contributed by atoms with E-state index in [-0.39, 0.29) is 5.75 Å². The van der Waals surface area contributed by atoms with Gasteiger partial charge in [-0.1, -0.05) is 0 Å². The van der Waals surface area contributed by atoms with Crippen molar-refractivity contribution in [3.05, 3.63) is 48.7 Å². The van der Waals surface area contributed by atoms with E-state index >= 15 is 0 Å².